The summed E-state index contributed by atoms with van der Waals surface area (Å²) in [6.45, 7) is 0. The summed E-state index contributed by atoms with van der Waals surface area (Å²) >= 11 is 0. The Bertz CT molecular complexity index is 1420. The monoisotopic (exact) mass is 503 g/mol. The number of fused-ring (bicyclic) bond motifs is 1. The molecule has 0 saturated heterocycles. The number of aromatic hydroxyl groups is 5. The van der Waals surface area contributed by atoms with Crippen LogP contribution in [-0.2, 0) is 21.2 Å². The number of esters is 1. The summed E-state index contributed by atoms with van der Waals surface area (Å²) in [6.07, 6.45) is -1.16. The summed E-state index contributed by atoms with van der Waals surface area (Å²) in [6, 6.07) is 9.79. The first-order valence-corrected chi connectivity index (χ1v) is 12.1. The zero-order valence-corrected chi connectivity index (χ0v) is 19.0. The van der Waals surface area contributed by atoms with Gasteiger partial charge in [0.2, 0.25) is 10.0 Å². The minimum atomic E-state index is -3.66. The van der Waals surface area contributed by atoms with Crippen molar-refractivity contribution in [1.82, 2.24) is 0 Å². The van der Waals surface area contributed by atoms with Crippen LogP contribution in [0.3, 0.4) is 0 Å². The van der Waals surface area contributed by atoms with Gasteiger partial charge < -0.3 is 35.0 Å². The van der Waals surface area contributed by atoms with Crippen LogP contribution in [0.25, 0.3) is 0 Å². The lowest BCUT2D eigenvalue weighted by Gasteiger charge is -2.34. The third-order valence-electron chi connectivity index (χ3n) is 5.28. The molecule has 1 heterocycles. The predicted molar refractivity (Wildman–Crippen MR) is 122 cm³/mol. The first-order valence-electron chi connectivity index (χ1n) is 10.2. The number of carbonyl (C=O) groups excluding carboxylic acids is 1. The fraction of sp³-hybridized carbons (Fsp3) is 0.174. The normalized spacial score (nSPS) is 17.2. The molecule has 0 aliphatic carbocycles. The standard InChI is InChI=1S/C23H21NO10S/c1-35(31,32)24-15-4-2-12(7-18(15)28)23(30)34-21-10-14-17(27)8-13(25)9-20(14)33-22(21)11-3-5-16(26)19(29)6-11/h2-9,21-22,24-29H,10H2,1H3/t21-,22+/m1/s1. The van der Waals surface area contributed by atoms with E-state index in [4.69, 9.17) is 9.47 Å². The van der Waals surface area contributed by atoms with Crippen molar-refractivity contribution < 1.29 is 48.2 Å². The van der Waals surface area contributed by atoms with Crippen molar-refractivity contribution in [2.45, 2.75) is 18.6 Å². The van der Waals surface area contributed by atoms with Crippen LogP contribution in [0, 0.1) is 0 Å². The molecule has 12 heteroatoms. The molecule has 11 nitrogen and oxygen atoms in total. The van der Waals surface area contributed by atoms with Crippen LogP contribution < -0.4 is 9.46 Å². The lowest BCUT2D eigenvalue weighted by atomic mass is 9.93. The molecule has 3 aromatic rings. The molecule has 4 rings (SSSR count). The Morgan fingerprint density at radius 2 is 1.69 bits per heavy atom. The molecule has 0 saturated carbocycles. The molecule has 1 aliphatic heterocycles. The van der Waals surface area contributed by atoms with Gasteiger partial charge in [-0.05, 0) is 30.3 Å². The van der Waals surface area contributed by atoms with Gasteiger partial charge in [-0.15, -0.1) is 0 Å². The number of rotatable bonds is 5. The molecule has 0 bridgehead atoms. The molecule has 184 valence electrons. The number of nitrogens with one attached hydrogen (secondary N) is 1. The number of phenolic OH excluding ortho intramolecular Hbond substituents is 5. The topological polar surface area (TPSA) is 183 Å². The first-order chi connectivity index (χ1) is 16.4. The van der Waals surface area contributed by atoms with Crippen molar-refractivity contribution in [1.29, 1.82) is 0 Å². The van der Waals surface area contributed by atoms with Crippen molar-refractivity contribution in [3.63, 3.8) is 0 Å². The van der Waals surface area contributed by atoms with Gasteiger partial charge >= 0.3 is 5.97 Å². The molecule has 0 unspecified atom stereocenters. The van der Waals surface area contributed by atoms with Crippen LogP contribution in [0.2, 0.25) is 0 Å². The largest absolute Gasteiger partial charge is 0.508 e. The van der Waals surface area contributed by atoms with Gasteiger partial charge in [0.15, 0.2) is 17.6 Å². The number of hydrogen-bond donors (Lipinski definition) is 6. The SMILES string of the molecule is CS(=O)(=O)Nc1ccc(C(=O)O[C@@H]2Cc3c(O)cc(O)cc3O[C@H]2c2ccc(O)c(O)c2)cc1O. The number of phenols is 5. The Kier molecular flexibility index (Phi) is 5.99. The number of carbonyl (C=O) groups is 1. The molecule has 0 radical (unpaired) electrons. The maximum absolute atomic E-state index is 12.9. The van der Waals surface area contributed by atoms with E-state index < -0.39 is 39.7 Å². The van der Waals surface area contributed by atoms with Crippen LogP contribution >= 0.6 is 0 Å². The van der Waals surface area contributed by atoms with Crippen LogP contribution in [-0.4, -0.2) is 52.3 Å². The van der Waals surface area contributed by atoms with E-state index in [2.05, 4.69) is 4.72 Å². The lowest BCUT2D eigenvalue weighted by Crippen LogP contribution is -2.34. The lowest BCUT2D eigenvalue weighted by molar-refractivity contribution is -0.0188. The summed E-state index contributed by atoms with van der Waals surface area (Å²) in [5.74, 6) is -2.56. The van der Waals surface area contributed by atoms with Crippen molar-refractivity contribution in [3.8, 4) is 34.5 Å². The Balaban J connectivity index is 1.66. The van der Waals surface area contributed by atoms with Gasteiger partial charge in [0.25, 0.3) is 0 Å². The molecule has 3 aromatic carbocycles. The zero-order valence-electron chi connectivity index (χ0n) is 18.2. The maximum atomic E-state index is 12.9. The van der Waals surface area contributed by atoms with Crippen LogP contribution in [0.4, 0.5) is 5.69 Å². The van der Waals surface area contributed by atoms with Gasteiger partial charge in [-0.1, -0.05) is 6.07 Å². The minimum Gasteiger partial charge on any atom is -0.508 e. The number of sulfonamides is 1. The maximum Gasteiger partial charge on any atom is 0.338 e. The Morgan fingerprint density at radius 1 is 0.943 bits per heavy atom. The number of ether oxygens (including phenoxy) is 2. The first kappa shape index (κ1) is 23.8. The van der Waals surface area contributed by atoms with E-state index in [9.17, 15) is 38.7 Å². The van der Waals surface area contributed by atoms with Crippen molar-refractivity contribution in [2.75, 3.05) is 11.0 Å². The molecular weight excluding hydrogens is 482 g/mol. The van der Waals surface area contributed by atoms with Gasteiger partial charge in [0.1, 0.15) is 29.1 Å². The van der Waals surface area contributed by atoms with E-state index in [1.54, 1.807) is 0 Å². The summed E-state index contributed by atoms with van der Waals surface area (Å²) in [4.78, 5) is 12.9. The van der Waals surface area contributed by atoms with Crippen LogP contribution in [0.15, 0.2) is 48.5 Å². The third-order valence-corrected chi connectivity index (χ3v) is 5.87. The second-order valence-electron chi connectivity index (χ2n) is 7.98. The molecule has 6 N–H and O–H groups in total. The summed E-state index contributed by atoms with van der Waals surface area (Å²) < 4.78 is 36.4. The highest BCUT2D eigenvalue weighted by atomic mass is 32.2. The summed E-state index contributed by atoms with van der Waals surface area (Å²) in [5, 5.41) is 49.8. The third kappa shape index (κ3) is 5.11. The predicted octanol–water partition coefficient (Wildman–Crippen LogP) is 2.49. The fourth-order valence-corrected chi connectivity index (χ4v) is 4.27. The highest BCUT2D eigenvalue weighted by molar-refractivity contribution is 7.92. The van der Waals surface area contributed by atoms with Crippen molar-refractivity contribution >= 4 is 21.7 Å². The van der Waals surface area contributed by atoms with Gasteiger partial charge in [-0.25, -0.2) is 13.2 Å². The van der Waals surface area contributed by atoms with Crippen molar-refractivity contribution in [2.24, 2.45) is 0 Å². The number of hydrogen-bond acceptors (Lipinski definition) is 10. The molecule has 0 amide bonds. The van der Waals surface area contributed by atoms with E-state index in [0.717, 1.165) is 18.4 Å². The second-order valence-corrected chi connectivity index (χ2v) is 9.73. The quantitative estimate of drug-likeness (QED) is 0.223. The van der Waals surface area contributed by atoms with Gasteiger partial charge in [-0.2, -0.15) is 0 Å². The average Bonchev–Trinajstić information content (AvgIpc) is 2.76. The van der Waals surface area contributed by atoms with Crippen molar-refractivity contribution in [3.05, 3.63) is 65.2 Å². The zero-order chi connectivity index (χ0) is 25.5. The Morgan fingerprint density at radius 3 is 2.34 bits per heavy atom. The highest BCUT2D eigenvalue weighted by Crippen LogP contribution is 2.44. The second kappa shape index (κ2) is 8.80. The van der Waals surface area contributed by atoms with E-state index in [-0.39, 0.29) is 46.2 Å². The molecule has 0 aromatic heterocycles. The fourth-order valence-electron chi connectivity index (χ4n) is 3.70. The molecule has 0 fully saturated rings. The molecule has 0 spiro atoms. The van der Waals surface area contributed by atoms with Gasteiger partial charge in [0, 0.05) is 29.7 Å². The van der Waals surface area contributed by atoms with Crippen LogP contribution in [0.1, 0.15) is 27.6 Å². The number of benzene rings is 3. The van der Waals surface area contributed by atoms with Gasteiger partial charge in [0.05, 0.1) is 17.5 Å². The van der Waals surface area contributed by atoms with E-state index in [1.165, 1.54) is 36.4 Å². The summed E-state index contributed by atoms with van der Waals surface area (Å²) in [5.41, 5.74) is 0.397. The molecular formula is C23H21NO10S. The smallest absolute Gasteiger partial charge is 0.338 e. The highest BCUT2D eigenvalue weighted by Gasteiger charge is 2.36. The Labute approximate surface area is 199 Å². The van der Waals surface area contributed by atoms with Crippen LogP contribution in [0.5, 0.6) is 34.5 Å². The minimum absolute atomic E-state index is 0.0286. The molecule has 2 atom stereocenters. The molecule has 1 aliphatic rings. The van der Waals surface area contributed by atoms with Gasteiger partial charge in [-0.3, -0.25) is 4.72 Å². The van der Waals surface area contributed by atoms with E-state index in [1.807, 2.05) is 0 Å². The Hall–Kier alpha value is -4.32. The molecule has 35 heavy (non-hydrogen) atoms. The summed E-state index contributed by atoms with van der Waals surface area (Å²) in [7, 11) is -3.66. The average molecular weight is 503 g/mol. The number of anilines is 1. The van der Waals surface area contributed by atoms with E-state index >= 15 is 0 Å². The van der Waals surface area contributed by atoms with E-state index in [0.29, 0.717) is 5.56 Å².